The third-order valence-electron chi connectivity index (χ3n) is 4.21. The fourth-order valence-corrected chi connectivity index (χ4v) is 3.60. The first-order valence-electron chi connectivity index (χ1n) is 8.58. The van der Waals surface area contributed by atoms with Crippen LogP contribution in [0.25, 0.3) is 32.9 Å². The molecule has 0 aliphatic rings. The summed E-state index contributed by atoms with van der Waals surface area (Å²) in [6.45, 7) is 0.0874. The molecule has 8 heteroatoms. The van der Waals surface area contributed by atoms with Crippen molar-refractivity contribution in [2.24, 2.45) is 0 Å². The Labute approximate surface area is 164 Å². The van der Waals surface area contributed by atoms with Crippen LogP contribution in [-0.4, -0.2) is 41.4 Å². The van der Waals surface area contributed by atoms with Crippen LogP contribution in [0.2, 0.25) is 0 Å². The summed E-state index contributed by atoms with van der Waals surface area (Å²) in [4.78, 5) is 16.8. The number of rotatable bonds is 6. The van der Waals surface area contributed by atoms with E-state index in [2.05, 4.69) is 15.5 Å². The number of hydrogen-bond donors (Lipinski definition) is 2. The molecule has 2 N–H and O–H groups in total. The molecule has 0 aliphatic heterocycles. The van der Waals surface area contributed by atoms with Gasteiger partial charge in [-0.25, -0.2) is 4.98 Å². The van der Waals surface area contributed by atoms with E-state index in [0.29, 0.717) is 27.9 Å². The van der Waals surface area contributed by atoms with E-state index in [-0.39, 0.29) is 19.1 Å². The molecule has 0 saturated heterocycles. The lowest BCUT2D eigenvalue weighted by molar-refractivity contribution is 0.0945. The number of aromatic nitrogens is 2. The van der Waals surface area contributed by atoms with E-state index in [9.17, 15) is 4.79 Å². The molecule has 0 radical (unpaired) electrons. The monoisotopic (exact) mass is 395 g/mol. The van der Waals surface area contributed by atoms with Crippen LogP contribution in [0.5, 0.6) is 5.75 Å². The van der Waals surface area contributed by atoms with Gasteiger partial charge in [-0.1, -0.05) is 5.16 Å². The molecule has 0 aliphatic carbocycles. The summed E-state index contributed by atoms with van der Waals surface area (Å²) in [6, 6.07) is 12.8. The van der Waals surface area contributed by atoms with Gasteiger partial charge in [0.1, 0.15) is 22.1 Å². The van der Waals surface area contributed by atoms with Crippen LogP contribution in [-0.2, 0) is 0 Å². The molecule has 0 saturated carbocycles. The van der Waals surface area contributed by atoms with Crippen LogP contribution in [0.15, 0.2) is 52.4 Å². The number of nitrogens with one attached hydrogen (secondary N) is 1. The lowest BCUT2D eigenvalue weighted by atomic mass is 10.1. The largest absolute Gasteiger partial charge is 0.497 e. The van der Waals surface area contributed by atoms with Gasteiger partial charge in [-0.15, -0.1) is 11.3 Å². The summed E-state index contributed by atoms with van der Waals surface area (Å²) in [6.07, 6.45) is 0. The van der Waals surface area contributed by atoms with Gasteiger partial charge in [0, 0.05) is 23.1 Å². The summed E-state index contributed by atoms with van der Waals surface area (Å²) >= 11 is 1.50. The van der Waals surface area contributed by atoms with Gasteiger partial charge in [-0.3, -0.25) is 4.79 Å². The number of aliphatic hydroxyl groups is 1. The van der Waals surface area contributed by atoms with E-state index >= 15 is 0 Å². The fraction of sp³-hybridized carbons (Fsp3) is 0.150. The Hall–Kier alpha value is -3.23. The number of hydrogen-bond acceptors (Lipinski definition) is 7. The highest BCUT2D eigenvalue weighted by Crippen LogP contribution is 2.33. The second-order valence-electron chi connectivity index (χ2n) is 5.99. The molecule has 4 aromatic rings. The highest BCUT2D eigenvalue weighted by Gasteiger charge is 2.16. The molecule has 2 heterocycles. The summed E-state index contributed by atoms with van der Waals surface area (Å²) in [5.41, 5.74) is 3.29. The lowest BCUT2D eigenvalue weighted by Gasteiger charge is -2.02. The topological polar surface area (TPSA) is 97.5 Å². The highest BCUT2D eigenvalue weighted by atomic mass is 32.1. The zero-order valence-corrected chi connectivity index (χ0v) is 15.8. The van der Waals surface area contributed by atoms with E-state index in [1.165, 1.54) is 11.3 Å². The molecule has 0 spiro atoms. The second kappa shape index (κ2) is 7.79. The number of methoxy groups -OCH3 is 1. The molecule has 0 unspecified atom stereocenters. The van der Waals surface area contributed by atoms with Gasteiger partial charge in [-0.05, 0) is 42.5 Å². The van der Waals surface area contributed by atoms with Gasteiger partial charge in [0.05, 0.1) is 19.1 Å². The van der Waals surface area contributed by atoms with Crippen molar-refractivity contribution >= 4 is 28.2 Å². The summed E-state index contributed by atoms with van der Waals surface area (Å²) in [7, 11) is 1.63. The Balaban J connectivity index is 1.67. The first kappa shape index (κ1) is 18.1. The van der Waals surface area contributed by atoms with Crippen molar-refractivity contribution < 1.29 is 19.2 Å². The van der Waals surface area contributed by atoms with Crippen LogP contribution >= 0.6 is 11.3 Å². The van der Waals surface area contributed by atoms with E-state index in [1.807, 2.05) is 29.6 Å². The number of carbonyl (C=O) groups excluding carboxylic acids is 1. The third-order valence-corrected chi connectivity index (χ3v) is 5.10. The smallest absolute Gasteiger partial charge is 0.251 e. The van der Waals surface area contributed by atoms with Crippen molar-refractivity contribution in [3.8, 4) is 27.7 Å². The van der Waals surface area contributed by atoms with Crippen molar-refractivity contribution in [2.75, 3.05) is 20.3 Å². The van der Waals surface area contributed by atoms with Crippen molar-refractivity contribution in [3.05, 3.63) is 53.4 Å². The molecule has 7 nitrogen and oxygen atoms in total. The van der Waals surface area contributed by atoms with Gasteiger partial charge in [-0.2, -0.15) is 0 Å². The van der Waals surface area contributed by atoms with Crippen LogP contribution in [0, 0.1) is 0 Å². The van der Waals surface area contributed by atoms with Gasteiger partial charge in [0.15, 0.2) is 5.58 Å². The maximum atomic E-state index is 12.2. The molecule has 2 aromatic carbocycles. The maximum absolute atomic E-state index is 12.2. The van der Waals surface area contributed by atoms with Gasteiger partial charge in [0.2, 0.25) is 0 Å². The molecule has 0 bridgehead atoms. The predicted molar refractivity (Wildman–Crippen MR) is 107 cm³/mol. The number of carbonyl (C=O) groups is 1. The zero-order valence-electron chi connectivity index (χ0n) is 15.0. The fourth-order valence-electron chi connectivity index (χ4n) is 2.78. The van der Waals surface area contributed by atoms with E-state index in [0.717, 1.165) is 16.3 Å². The third kappa shape index (κ3) is 3.47. The van der Waals surface area contributed by atoms with E-state index in [1.54, 1.807) is 25.3 Å². The molecule has 2 aromatic heterocycles. The van der Waals surface area contributed by atoms with Gasteiger partial charge < -0.3 is 19.7 Å². The summed E-state index contributed by atoms with van der Waals surface area (Å²) in [5, 5.41) is 19.1. The van der Waals surface area contributed by atoms with Crippen LogP contribution in [0.4, 0.5) is 0 Å². The number of nitrogens with zero attached hydrogens (tertiary/aromatic N) is 2. The van der Waals surface area contributed by atoms with Crippen molar-refractivity contribution in [2.45, 2.75) is 0 Å². The first-order valence-corrected chi connectivity index (χ1v) is 9.46. The first-order chi connectivity index (χ1) is 13.7. The quantitative estimate of drug-likeness (QED) is 0.520. The number of aliphatic hydroxyl groups excluding tert-OH is 1. The number of benzene rings is 2. The van der Waals surface area contributed by atoms with Crippen LogP contribution in [0.3, 0.4) is 0 Å². The SMILES string of the molecule is COc1ccc(-c2nc(-c3noc4ccc(C(=O)NCCO)cc34)cs2)cc1. The molecule has 1 amide bonds. The molecule has 28 heavy (non-hydrogen) atoms. The zero-order chi connectivity index (χ0) is 19.5. The highest BCUT2D eigenvalue weighted by molar-refractivity contribution is 7.13. The number of amides is 1. The summed E-state index contributed by atoms with van der Waals surface area (Å²) in [5.74, 6) is 0.523. The van der Waals surface area contributed by atoms with Crippen molar-refractivity contribution in [1.29, 1.82) is 0 Å². The standard InChI is InChI=1S/C20H17N3O4S/c1-26-14-5-2-12(3-6-14)20-22-16(11-28-20)18-15-10-13(19(25)21-8-9-24)4-7-17(15)27-23-18/h2-7,10-11,24H,8-9H2,1H3,(H,21,25). The summed E-state index contributed by atoms with van der Waals surface area (Å²) < 4.78 is 10.6. The Morgan fingerprint density at radius 2 is 2.07 bits per heavy atom. The second-order valence-corrected chi connectivity index (χ2v) is 6.85. The predicted octanol–water partition coefficient (Wildman–Crippen LogP) is 3.35. The lowest BCUT2D eigenvalue weighted by Crippen LogP contribution is -2.26. The van der Waals surface area contributed by atoms with Crippen LogP contribution in [0.1, 0.15) is 10.4 Å². The Morgan fingerprint density at radius 3 is 2.82 bits per heavy atom. The van der Waals surface area contributed by atoms with E-state index < -0.39 is 0 Å². The minimum Gasteiger partial charge on any atom is -0.497 e. The minimum atomic E-state index is -0.264. The van der Waals surface area contributed by atoms with Crippen molar-refractivity contribution in [3.63, 3.8) is 0 Å². The molecular weight excluding hydrogens is 378 g/mol. The van der Waals surface area contributed by atoms with E-state index in [4.69, 9.17) is 14.4 Å². The maximum Gasteiger partial charge on any atom is 0.251 e. The minimum absolute atomic E-state index is 0.112. The molecule has 0 fully saturated rings. The average molecular weight is 395 g/mol. The Kier molecular flexibility index (Phi) is 5.05. The van der Waals surface area contributed by atoms with Gasteiger partial charge in [0.25, 0.3) is 5.91 Å². The average Bonchev–Trinajstić information content (AvgIpc) is 3.38. The Bertz CT molecular complexity index is 1120. The normalized spacial score (nSPS) is 10.9. The molecule has 4 rings (SSSR count). The molecule has 142 valence electrons. The van der Waals surface area contributed by atoms with Crippen LogP contribution < -0.4 is 10.1 Å². The number of thiazole rings is 1. The number of ether oxygens (including phenoxy) is 1. The number of fused-ring (bicyclic) bond motifs is 1. The van der Waals surface area contributed by atoms with Gasteiger partial charge >= 0.3 is 0 Å². The Morgan fingerprint density at radius 1 is 1.25 bits per heavy atom. The van der Waals surface area contributed by atoms with Crippen molar-refractivity contribution in [1.82, 2.24) is 15.5 Å². The molecular formula is C20H17N3O4S. The molecule has 0 atom stereocenters.